The number of anilines is 1. The van der Waals surface area contributed by atoms with E-state index in [1.54, 1.807) is 0 Å². The molecule has 1 heterocycles. The molecule has 0 unspecified atom stereocenters. The predicted octanol–water partition coefficient (Wildman–Crippen LogP) is 2.00. The third kappa shape index (κ3) is 3.90. The van der Waals surface area contributed by atoms with Crippen LogP contribution in [0, 0.1) is 6.92 Å². The Hall–Kier alpha value is -1.79. The standard InChI is InChI=1S/C12H13N3O2S/c1-9-13-12(15-18-9)14-11(16)8-17-7-10-5-3-2-4-6-10/h2-6H,7-8H2,1H3,(H,14,15,16). The first-order chi connectivity index (χ1) is 8.74. The molecule has 5 nitrogen and oxygen atoms in total. The van der Waals surface area contributed by atoms with Gasteiger partial charge in [-0.1, -0.05) is 30.3 Å². The van der Waals surface area contributed by atoms with Gasteiger partial charge < -0.3 is 4.74 Å². The number of ether oxygens (including phenoxy) is 1. The molecule has 1 amide bonds. The van der Waals surface area contributed by atoms with E-state index in [0.717, 1.165) is 10.6 Å². The maximum Gasteiger partial charge on any atom is 0.252 e. The molecule has 94 valence electrons. The molecule has 0 saturated carbocycles. The van der Waals surface area contributed by atoms with Crippen molar-refractivity contribution in [1.82, 2.24) is 9.36 Å². The molecule has 0 fully saturated rings. The lowest BCUT2D eigenvalue weighted by atomic mass is 10.2. The molecule has 0 aliphatic carbocycles. The number of hydrogen-bond donors (Lipinski definition) is 1. The van der Waals surface area contributed by atoms with Crippen molar-refractivity contribution in [1.29, 1.82) is 0 Å². The molecule has 0 aliphatic heterocycles. The highest BCUT2D eigenvalue weighted by Gasteiger charge is 2.06. The van der Waals surface area contributed by atoms with Gasteiger partial charge in [0.25, 0.3) is 5.91 Å². The summed E-state index contributed by atoms with van der Waals surface area (Å²) < 4.78 is 9.26. The minimum Gasteiger partial charge on any atom is -0.367 e. The van der Waals surface area contributed by atoms with Gasteiger partial charge >= 0.3 is 0 Å². The summed E-state index contributed by atoms with van der Waals surface area (Å²) >= 11 is 1.25. The lowest BCUT2D eigenvalue weighted by molar-refractivity contribution is -0.121. The molecular formula is C12H13N3O2S. The summed E-state index contributed by atoms with van der Waals surface area (Å²) in [7, 11) is 0. The lowest BCUT2D eigenvalue weighted by Gasteiger charge is -2.03. The zero-order chi connectivity index (χ0) is 12.8. The van der Waals surface area contributed by atoms with Crippen LogP contribution in [-0.2, 0) is 16.1 Å². The molecule has 0 spiro atoms. The van der Waals surface area contributed by atoms with E-state index in [2.05, 4.69) is 14.7 Å². The van der Waals surface area contributed by atoms with Gasteiger partial charge in [-0.25, -0.2) is 4.98 Å². The second-order valence-corrected chi connectivity index (χ2v) is 4.62. The van der Waals surface area contributed by atoms with Crippen LogP contribution in [0.1, 0.15) is 10.6 Å². The summed E-state index contributed by atoms with van der Waals surface area (Å²) in [5, 5.41) is 3.39. The smallest absolute Gasteiger partial charge is 0.252 e. The van der Waals surface area contributed by atoms with Crippen molar-refractivity contribution in [2.45, 2.75) is 13.5 Å². The molecule has 6 heteroatoms. The van der Waals surface area contributed by atoms with Crippen LogP contribution in [0.15, 0.2) is 30.3 Å². The number of carbonyl (C=O) groups excluding carboxylic acids is 1. The van der Waals surface area contributed by atoms with Gasteiger partial charge in [-0.3, -0.25) is 10.1 Å². The highest BCUT2D eigenvalue weighted by molar-refractivity contribution is 7.05. The van der Waals surface area contributed by atoms with E-state index in [4.69, 9.17) is 4.74 Å². The van der Waals surface area contributed by atoms with E-state index < -0.39 is 0 Å². The SMILES string of the molecule is Cc1nc(NC(=O)COCc2ccccc2)ns1. The van der Waals surface area contributed by atoms with Gasteiger partial charge in [0.1, 0.15) is 11.6 Å². The van der Waals surface area contributed by atoms with E-state index in [-0.39, 0.29) is 12.5 Å². The summed E-state index contributed by atoms with van der Waals surface area (Å²) in [5.74, 6) is 0.0922. The molecule has 1 N–H and O–H groups in total. The average Bonchev–Trinajstić information content (AvgIpc) is 2.76. The molecule has 0 bridgehead atoms. The average molecular weight is 263 g/mol. The summed E-state index contributed by atoms with van der Waals surface area (Å²) in [4.78, 5) is 15.5. The number of amides is 1. The zero-order valence-corrected chi connectivity index (χ0v) is 10.7. The molecule has 0 radical (unpaired) electrons. The van der Waals surface area contributed by atoms with Crippen molar-refractivity contribution >= 4 is 23.4 Å². The Balaban J connectivity index is 1.72. The highest BCUT2D eigenvalue weighted by atomic mass is 32.1. The minimum absolute atomic E-state index is 0.00680. The first kappa shape index (κ1) is 12.7. The Morgan fingerprint density at radius 2 is 2.17 bits per heavy atom. The Morgan fingerprint density at radius 3 is 2.83 bits per heavy atom. The second kappa shape index (κ2) is 6.23. The van der Waals surface area contributed by atoms with Gasteiger partial charge in [0.2, 0.25) is 5.95 Å². The van der Waals surface area contributed by atoms with Crippen molar-refractivity contribution in [3.63, 3.8) is 0 Å². The Kier molecular flexibility index (Phi) is 4.38. The van der Waals surface area contributed by atoms with Crippen LogP contribution < -0.4 is 5.32 Å². The Morgan fingerprint density at radius 1 is 1.39 bits per heavy atom. The molecule has 18 heavy (non-hydrogen) atoms. The number of benzene rings is 1. The van der Waals surface area contributed by atoms with Crippen LogP contribution in [0.5, 0.6) is 0 Å². The summed E-state index contributed by atoms with van der Waals surface area (Å²) in [6, 6.07) is 9.69. The maximum absolute atomic E-state index is 11.5. The van der Waals surface area contributed by atoms with Gasteiger partial charge in [-0.15, -0.1) is 0 Å². The van der Waals surface area contributed by atoms with Crippen LogP contribution in [0.25, 0.3) is 0 Å². The molecule has 2 rings (SSSR count). The summed E-state index contributed by atoms with van der Waals surface area (Å²) in [6.07, 6.45) is 0. The number of hydrogen-bond acceptors (Lipinski definition) is 5. The van der Waals surface area contributed by atoms with Crippen LogP contribution in [0.4, 0.5) is 5.95 Å². The number of rotatable bonds is 5. The fraction of sp³-hybridized carbons (Fsp3) is 0.250. The molecule has 0 saturated heterocycles. The lowest BCUT2D eigenvalue weighted by Crippen LogP contribution is -2.18. The zero-order valence-electron chi connectivity index (χ0n) is 9.92. The van der Waals surface area contributed by atoms with Gasteiger partial charge in [0, 0.05) is 0 Å². The topological polar surface area (TPSA) is 64.1 Å². The van der Waals surface area contributed by atoms with Crippen molar-refractivity contribution < 1.29 is 9.53 Å². The predicted molar refractivity (Wildman–Crippen MR) is 69.4 cm³/mol. The van der Waals surface area contributed by atoms with Crippen LogP contribution in [-0.4, -0.2) is 21.9 Å². The first-order valence-electron chi connectivity index (χ1n) is 5.46. The van der Waals surface area contributed by atoms with E-state index in [1.165, 1.54) is 11.5 Å². The minimum atomic E-state index is -0.247. The fourth-order valence-electron chi connectivity index (χ4n) is 1.35. The Bertz CT molecular complexity index is 513. The second-order valence-electron chi connectivity index (χ2n) is 3.66. The monoisotopic (exact) mass is 263 g/mol. The number of nitrogens with zero attached hydrogens (tertiary/aromatic N) is 2. The number of aromatic nitrogens is 2. The first-order valence-corrected chi connectivity index (χ1v) is 6.23. The third-order valence-corrected chi connectivity index (χ3v) is 2.74. The van der Waals surface area contributed by atoms with Crippen LogP contribution >= 0.6 is 11.5 Å². The van der Waals surface area contributed by atoms with E-state index in [0.29, 0.717) is 12.6 Å². The number of nitrogens with one attached hydrogen (secondary N) is 1. The largest absolute Gasteiger partial charge is 0.367 e. The summed E-state index contributed by atoms with van der Waals surface area (Å²) in [6.45, 7) is 2.24. The van der Waals surface area contributed by atoms with Crippen molar-refractivity contribution in [2.24, 2.45) is 0 Å². The van der Waals surface area contributed by atoms with E-state index >= 15 is 0 Å². The van der Waals surface area contributed by atoms with Gasteiger partial charge in [0.15, 0.2) is 0 Å². The third-order valence-electron chi connectivity index (χ3n) is 2.12. The van der Waals surface area contributed by atoms with Crippen molar-refractivity contribution in [3.8, 4) is 0 Å². The van der Waals surface area contributed by atoms with Crippen LogP contribution in [0.2, 0.25) is 0 Å². The van der Waals surface area contributed by atoms with Crippen molar-refractivity contribution in [3.05, 3.63) is 40.9 Å². The molecule has 2 aromatic rings. The molecule has 1 aromatic carbocycles. The van der Waals surface area contributed by atoms with E-state index in [1.807, 2.05) is 37.3 Å². The van der Waals surface area contributed by atoms with E-state index in [9.17, 15) is 4.79 Å². The summed E-state index contributed by atoms with van der Waals surface area (Å²) in [5.41, 5.74) is 1.04. The highest BCUT2D eigenvalue weighted by Crippen LogP contribution is 2.06. The number of aryl methyl sites for hydroxylation is 1. The molecule has 1 aromatic heterocycles. The molecule has 0 atom stereocenters. The van der Waals surface area contributed by atoms with Crippen LogP contribution in [0.3, 0.4) is 0 Å². The fourth-order valence-corrected chi connectivity index (χ4v) is 1.78. The normalized spacial score (nSPS) is 10.3. The maximum atomic E-state index is 11.5. The molecular weight excluding hydrogens is 250 g/mol. The van der Waals surface area contributed by atoms with Gasteiger partial charge in [-0.2, -0.15) is 4.37 Å². The Labute approximate surface area is 109 Å². The molecule has 0 aliphatic rings. The number of carbonyl (C=O) groups is 1. The van der Waals surface area contributed by atoms with Crippen molar-refractivity contribution in [2.75, 3.05) is 11.9 Å². The van der Waals surface area contributed by atoms with Gasteiger partial charge in [-0.05, 0) is 24.0 Å². The quantitative estimate of drug-likeness (QED) is 0.896. The van der Waals surface area contributed by atoms with Gasteiger partial charge in [0.05, 0.1) is 6.61 Å².